The monoisotopic (exact) mass is 309 g/mol. The van der Waals surface area contributed by atoms with Gasteiger partial charge in [-0.2, -0.15) is 0 Å². The molecule has 2 rings (SSSR count). The maximum Gasteiger partial charge on any atom is 0.340 e. The lowest BCUT2D eigenvalue weighted by Crippen LogP contribution is -2.09. The fourth-order valence-electron chi connectivity index (χ4n) is 1.86. The van der Waals surface area contributed by atoms with Crippen LogP contribution in [0.5, 0.6) is 0 Å². The number of esters is 1. The fraction of sp³-hybridized carbons (Fsp3) is 0.133. The van der Waals surface area contributed by atoms with E-state index in [9.17, 15) is 4.79 Å². The molecular formula is C15H13Cl2NO2. The first-order valence-corrected chi connectivity index (χ1v) is 6.80. The molecule has 104 valence electrons. The number of nitrogens with two attached hydrogens (primary N) is 1. The maximum atomic E-state index is 11.9. The van der Waals surface area contributed by atoms with E-state index in [1.54, 1.807) is 25.1 Å². The average Bonchev–Trinajstić information content (AvgIpc) is 2.42. The smallest absolute Gasteiger partial charge is 0.340 e. The van der Waals surface area contributed by atoms with Crippen LogP contribution in [0.25, 0.3) is 11.1 Å². The highest BCUT2D eigenvalue weighted by molar-refractivity contribution is 6.32. The van der Waals surface area contributed by atoms with Gasteiger partial charge in [0.2, 0.25) is 0 Å². The topological polar surface area (TPSA) is 52.3 Å². The van der Waals surface area contributed by atoms with Crippen molar-refractivity contribution in [1.29, 1.82) is 0 Å². The standard InChI is InChI=1S/C15H13Cl2NO2/c1-2-20-15(19)13-8-11(17)7-12(14(13)18)9-3-5-10(16)6-4-9/h3-8H,2,18H2,1H3. The lowest BCUT2D eigenvalue weighted by atomic mass is 10.0. The number of benzene rings is 2. The van der Waals surface area contributed by atoms with Gasteiger partial charge >= 0.3 is 5.97 Å². The van der Waals surface area contributed by atoms with E-state index < -0.39 is 5.97 Å². The molecule has 0 spiro atoms. The summed E-state index contributed by atoms with van der Waals surface area (Å²) in [4.78, 5) is 11.9. The Hall–Kier alpha value is -1.71. The molecule has 0 aliphatic rings. The van der Waals surface area contributed by atoms with Crippen molar-refractivity contribution in [1.82, 2.24) is 0 Å². The minimum Gasteiger partial charge on any atom is -0.462 e. The molecule has 0 heterocycles. The van der Waals surface area contributed by atoms with E-state index in [4.69, 9.17) is 33.7 Å². The molecule has 0 saturated carbocycles. The highest BCUT2D eigenvalue weighted by atomic mass is 35.5. The number of halogens is 2. The first-order valence-electron chi connectivity index (χ1n) is 6.05. The second kappa shape index (κ2) is 6.16. The number of carbonyl (C=O) groups is 1. The number of carbonyl (C=O) groups excluding carboxylic acids is 1. The van der Waals surface area contributed by atoms with Gasteiger partial charge in [0.1, 0.15) is 0 Å². The predicted molar refractivity (Wildman–Crippen MR) is 82.3 cm³/mol. The van der Waals surface area contributed by atoms with Crippen molar-refractivity contribution in [2.75, 3.05) is 12.3 Å². The predicted octanol–water partition coefficient (Wildman–Crippen LogP) is 4.42. The van der Waals surface area contributed by atoms with Crippen molar-refractivity contribution in [3.8, 4) is 11.1 Å². The van der Waals surface area contributed by atoms with E-state index >= 15 is 0 Å². The third-order valence-corrected chi connectivity index (χ3v) is 3.27. The quantitative estimate of drug-likeness (QED) is 0.674. The fourth-order valence-corrected chi connectivity index (χ4v) is 2.21. The van der Waals surface area contributed by atoms with Crippen molar-refractivity contribution in [3.63, 3.8) is 0 Å². The Morgan fingerprint density at radius 2 is 1.80 bits per heavy atom. The molecule has 3 nitrogen and oxygen atoms in total. The summed E-state index contributed by atoms with van der Waals surface area (Å²) in [6.45, 7) is 2.01. The number of rotatable bonds is 3. The van der Waals surface area contributed by atoms with Gasteiger partial charge in [-0.3, -0.25) is 0 Å². The van der Waals surface area contributed by atoms with E-state index in [2.05, 4.69) is 0 Å². The van der Waals surface area contributed by atoms with Crippen LogP contribution in [-0.4, -0.2) is 12.6 Å². The van der Waals surface area contributed by atoms with Gasteiger partial charge in [-0.05, 0) is 36.8 Å². The molecule has 0 aliphatic carbocycles. The van der Waals surface area contributed by atoms with Crippen molar-refractivity contribution in [3.05, 3.63) is 52.0 Å². The molecule has 2 aromatic carbocycles. The van der Waals surface area contributed by atoms with Crippen LogP contribution in [0.2, 0.25) is 10.0 Å². The molecule has 5 heteroatoms. The van der Waals surface area contributed by atoms with Gasteiger partial charge in [0.05, 0.1) is 17.9 Å². The Morgan fingerprint density at radius 3 is 2.40 bits per heavy atom. The number of hydrogen-bond acceptors (Lipinski definition) is 3. The van der Waals surface area contributed by atoms with Crippen LogP contribution < -0.4 is 5.73 Å². The molecule has 0 radical (unpaired) electrons. The SMILES string of the molecule is CCOC(=O)c1cc(Cl)cc(-c2ccc(Cl)cc2)c1N. The summed E-state index contributed by atoms with van der Waals surface area (Å²) in [5.41, 5.74) is 8.18. The van der Waals surface area contributed by atoms with Gasteiger partial charge < -0.3 is 10.5 Å². The third kappa shape index (κ3) is 3.06. The van der Waals surface area contributed by atoms with Crippen LogP contribution in [-0.2, 0) is 4.74 Å². The van der Waals surface area contributed by atoms with E-state index in [1.165, 1.54) is 6.07 Å². The Morgan fingerprint density at radius 1 is 1.15 bits per heavy atom. The van der Waals surface area contributed by atoms with Crippen LogP contribution in [0.3, 0.4) is 0 Å². The highest BCUT2D eigenvalue weighted by Gasteiger charge is 2.16. The van der Waals surface area contributed by atoms with E-state index in [0.29, 0.717) is 21.3 Å². The van der Waals surface area contributed by atoms with Crippen molar-refractivity contribution >= 4 is 34.9 Å². The molecule has 0 amide bonds. The largest absolute Gasteiger partial charge is 0.462 e. The minimum atomic E-state index is -0.484. The number of nitrogen functional groups attached to an aromatic ring is 1. The van der Waals surface area contributed by atoms with Gasteiger partial charge in [-0.1, -0.05) is 35.3 Å². The zero-order chi connectivity index (χ0) is 14.7. The molecule has 2 N–H and O–H groups in total. The number of ether oxygens (including phenoxy) is 1. The lowest BCUT2D eigenvalue weighted by molar-refractivity contribution is 0.0527. The first kappa shape index (κ1) is 14.7. The average molecular weight is 310 g/mol. The molecule has 0 saturated heterocycles. The molecule has 0 aromatic heterocycles. The van der Waals surface area contributed by atoms with E-state index in [1.807, 2.05) is 12.1 Å². The highest BCUT2D eigenvalue weighted by Crippen LogP contribution is 2.33. The summed E-state index contributed by atoms with van der Waals surface area (Å²) in [7, 11) is 0. The second-order valence-electron chi connectivity index (χ2n) is 4.14. The van der Waals surface area contributed by atoms with Gasteiger partial charge in [-0.15, -0.1) is 0 Å². The first-order chi connectivity index (χ1) is 9.52. The van der Waals surface area contributed by atoms with Crippen LogP contribution in [0.1, 0.15) is 17.3 Å². The van der Waals surface area contributed by atoms with Gasteiger partial charge in [0.25, 0.3) is 0 Å². The molecule has 0 bridgehead atoms. The Labute approximate surface area is 127 Å². The Kier molecular flexibility index (Phi) is 4.53. The summed E-state index contributed by atoms with van der Waals surface area (Å²) < 4.78 is 4.98. The van der Waals surface area contributed by atoms with E-state index in [-0.39, 0.29) is 12.2 Å². The van der Waals surface area contributed by atoms with Crippen LogP contribution in [0.15, 0.2) is 36.4 Å². The van der Waals surface area contributed by atoms with Gasteiger partial charge in [-0.25, -0.2) is 4.79 Å². The number of hydrogen-bond donors (Lipinski definition) is 1. The van der Waals surface area contributed by atoms with Crippen molar-refractivity contribution < 1.29 is 9.53 Å². The maximum absolute atomic E-state index is 11.9. The summed E-state index contributed by atoms with van der Waals surface area (Å²) >= 11 is 11.9. The molecule has 0 unspecified atom stereocenters. The molecule has 2 aromatic rings. The van der Waals surface area contributed by atoms with Crippen molar-refractivity contribution in [2.24, 2.45) is 0 Å². The summed E-state index contributed by atoms with van der Waals surface area (Å²) in [6.07, 6.45) is 0. The van der Waals surface area contributed by atoms with Crippen LogP contribution in [0, 0.1) is 0 Å². The number of anilines is 1. The zero-order valence-corrected chi connectivity index (χ0v) is 12.3. The van der Waals surface area contributed by atoms with Gasteiger partial charge in [0, 0.05) is 15.6 Å². The molecule has 0 fully saturated rings. The molecule has 0 atom stereocenters. The summed E-state index contributed by atoms with van der Waals surface area (Å²) in [5.74, 6) is -0.484. The molecule has 0 aliphatic heterocycles. The zero-order valence-electron chi connectivity index (χ0n) is 10.8. The Bertz CT molecular complexity index is 639. The second-order valence-corrected chi connectivity index (χ2v) is 5.01. The van der Waals surface area contributed by atoms with Crippen LogP contribution >= 0.6 is 23.2 Å². The Balaban J connectivity index is 2.54. The minimum absolute atomic E-state index is 0.268. The van der Waals surface area contributed by atoms with Gasteiger partial charge in [0.15, 0.2) is 0 Å². The lowest BCUT2D eigenvalue weighted by Gasteiger charge is -2.11. The van der Waals surface area contributed by atoms with E-state index in [0.717, 1.165) is 5.56 Å². The third-order valence-electron chi connectivity index (χ3n) is 2.80. The van der Waals surface area contributed by atoms with Crippen LogP contribution in [0.4, 0.5) is 5.69 Å². The summed E-state index contributed by atoms with van der Waals surface area (Å²) in [5, 5.41) is 1.05. The molecule has 20 heavy (non-hydrogen) atoms. The normalized spacial score (nSPS) is 10.3. The summed E-state index contributed by atoms with van der Waals surface area (Å²) in [6, 6.07) is 10.4. The molecular weight excluding hydrogens is 297 g/mol. The van der Waals surface area contributed by atoms with Crippen molar-refractivity contribution in [2.45, 2.75) is 6.92 Å².